The summed E-state index contributed by atoms with van der Waals surface area (Å²) in [5.41, 5.74) is 2.53. The van der Waals surface area contributed by atoms with Gasteiger partial charge in [0.05, 0.1) is 0 Å². The van der Waals surface area contributed by atoms with Crippen LogP contribution in [-0.4, -0.2) is 4.98 Å². The Labute approximate surface area is 93.2 Å². The molecule has 72 valence electrons. The predicted molar refractivity (Wildman–Crippen MR) is 64.2 cm³/mol. The summed E-state index contributed by atoms with van der Waals surface area (Å²) in [5, 5.41) is 3.79. The summed E-state index contributed by atoms with van der Waals surface area (Å²) in [6.45, 7) is 2.16. The van der Waals surface area contributed by atoms with E-state index >= 15 is 0 Å². The summed E-state index contributed by atoms with van der Waals surface area (Å²) >= 11 is 5.82. The van der Waals surface area contributed by atoms with Gasteiger partial charge in [-0.1, -0.05) is 31.2 Å². The highest BCUT2D eigenvalue weighted by Gasteiger charge is 2.01. The fraction of sp³-hybridized carbons (Fsp3) is 0.182. The van der Waals surface area contributed by atoms with Crippen LogP contribution in [0.1, 0.15) is 12.5 Å². The lowest BCUT2D eigenvalue weighted by molar-refractivity contribution is 1.14. The van der Waals surface area contributed by atoms with Crippen molar-refractivity contribution in [3.8, 4) is 10.6 Å². The molecule has 0 unspecified atom stereocenters. The third kappa shape index (κ3) is 1.99. The molecule has 0 saturated carbocycles. The van der Waals surface area contributed by atoms with Crippen LogP contribution in [0, 0.1) is 0 Å². The van der Waals surface area contributed by atoms with Gasteiger partial charge in [-0.2, -0.15) is 0 Å². The molecule has 0 aliphatic heterocycles. The first kappa shape index (κ1) is 9.74. The summed E-state index contributed by atoms with van der Waals surface area (Å²) in [7, 11) is 0. The highest BCUT2D eigenvalue weighted by molar-refractivity contribution is 7.80. The second-order valence-electron chi connectivity index (χ2n) is 3.06. The Balaban J connectivity index is 2.33. The number of nitrogens with zero attached hydrogens (tertiary/aromatic N) is 1. The molecule has 2 rings (SSSR count). The summed E-state index contributed by atoms with van der Waals surface area (Å²) < 4.78 is 0. The number of thiazole rings is 1. The Kier molecular flexibility index (Phi) is 2.89. The molecule has 14 heavy (non-hydrogen) atoms. The zero-order chi connectivity index (χ0) is 9.97. The van der Waals surface area contributed by atoms with Gasteiger partial charge in [0.15, 0.2) is 0 Å². The van der Waals surface area contributed by atoms with Crippen molar-refractivity contribution in [3.63, 3.8) is 0 Å². The van der Waals surface area contributed by atoms with E-state index in [-0.39, 0.29) is 0 Å². The van der Waals surface area contributed by atoms with E-state index in [2.05, 4.69) is 48.8 Å². The Bertz CT molecular complexity index is 417. The Hall–Kier alpha value is -0.800. The molecule has 0 fully saturated rings. The predicted octanol–water partition coefficient (Wildman–Crippen LogP) is 3.66. The molecular formula is C11H11NS2. The van der Waals surface area contributed by atoms with Crippen LogP contribution < -0.4 is 0 Å². The van der Waals surface area contributed by atoms with Crippen LogP contribution >= 0.6 is 24.0 Å². The number of aryl methyl sites for hydroxylation is 1. The highest BCUT2D eigenvalue weighted by Crippen LogP contribution is 2.25. The second kappa shape index (κ2) is 4.15. The van der Waals surface area contributed by atoms with Crippen LogP contribution in [0.5, 0.6) is 0 Å². The van der Waals surface area contributed by atoms with Crippen molar-refractivity contribution in [2.24, 2.45) is 0 Å². The first-order chi connectivity index (χ1) is 6.79. The second-order valence-corrected chi connectivity index (χ2v) is 4.38. The number of hydrogen-bond donors (Lipinski definition) is 1. The van der Waals surface area contributed by atoms with Crippen molar-refractivity contribution < 1.29 is 0 Å². The summed E-state index contributed by atoms with van der Waals surface area (Å²) in [6.07, 6.45) is 1.08. The first-order valence-electron chi connectivity index (χ1n) is 4.53. The summed E-state index contributed by atoms with van der Waals surface area (Å²) in [5.74, 6) is 0. The fourth-order valence-electron chi connectivity index (χ4n) is 1.28. The van der Waals surface area contributed by atoms with Gasteiger partial charge in [-0.15, -0.1) is 24.0 Å². The molecule has 0 aliphatic carbocycles. The molecule has 0 atom stereocenters. The van der Waals surface area contributed by atoms with E-state index in [1.54, 1.807) is 11.3 Å². The maximum absolute atomic E-state index is 4.32. The summed E-state index contributed by atoms with van der Waals surface area (Å²) in [4.78, 5) is 4.32. The maximum atomic E-state index is 4.32. The quantitative estimate of drug-likeness (QED) is 0.764. The van der Waals surface area contributed by atoms with Crippen molar-refractivity contribution >= 4 is 24.0 Å². The minimum Gasteiger partial charge on any atom is -0.230 e. The molecule has 0 aliphatic rings. The average molecular weight is 221 g/mol. The number of thiol groups is 1. The molecule has 0 bridgehead atoms. The van der Waals surface area contributed by atoms with E-state index in [4.69, 9.17) is 0 Å². The Morgan fingerprint density at radius 2 is 2.00 bits per heavy atom. The van der Waals surface area contributed by atoms with E-state index < -0.39 is 0 Å². The lowest BCUT2D eigenvalue weighted by atomic mass is 10.1. The zero-order valence-corrected chi connectivity index (χ0v) is 9.61. The normalized spacial score (nSPS) is 10.4. The molecule has 0 amide bonds. The van der Waals surface area contributed by atoms with Crippen LogP contribution in [0.4, 0.5) is 0 Å². The van der Waals surface area contributed by atoms with Gasteiger partial charge in [0.1, 0.15) is 10.0 Å². The smallest absolute Gasteiger partial charge is 0.124 e. The minimum atomic E-state index is 0.796. The third-order valence-electron chi connectivity index (χ3n) is 2.10. The van der Waals surface area contributed by atoms with E-state index in [1.165, 1.54) is 11.1 Å². The lowest BCUT2D eigenvalue weighted by Gasteiger charge is -1.98. The van der Waals surface area contributed by atoms with Gasteiger partial charge < -0.3 is 0 Å². The number of aromatic nitrogens is 1. The van der Waals surface area contributed by atoms with Gasteiger partial charge in [0.2, 0.25) is 0 Å². The van der Waals surface area contributed by atoms with E-state index in [1.807, 2.05) is 5.38 Å². The Morgan fingerprint density at radius 3 is 2.50 bits per heavy atom. The molecule has 1 heterocycles. The van der Waals surface area contributed by atoms with Gasteiger partial charge in [0, 0.05) is 10.9 Å². The molecule has 0 radical (unpaired) electrons. The monoisotopic (exact) mass is 221 g/mol. The van der Waals surface area contributed by atoms with Crippen LogP contribution in [-0.2, 0) is 6.42 Å². The van der Waals surface area contributed by atoms with Crippen LogP contribution in [0.25, 0.3) is 10.6 Å². The number of hydrogen-bond acceptors (Lipinski definition) is 3. The largest absolute Gasteiger partial charge is 0.230 e. The molecule has 1 aromatic carbocycles. The maximum Gasteiger partial charge on any atom is 0.124 e. The van der Waals surface area contributed by atoms with Crippen molar-refractivity contribution in [2.45, 2.75) is 18.4 Å². The van der Waals surface area contributed by atoms with Gasteiger partial charge in [-0.05, 0) is 12.0 Å². The van der Waals surface area contributed by atoms with E-state index in [9.17, 15) is 0 Å². The minimum absolute atomic E-state index is 0.796. The van der Waals surface area contributed by atoms with E-state index in [0.29, 0.717) is 0 Å². The van der Waals surface area contributed by atoms with Crippen LogP contribution in [0.15, 0.2) is 34.7 Å². The topological polar surface area (TPSA) is 12.9 Å². The fourth-order valence-corrected chi connectivity index (χ4v) is 2.30. The van der Waals surface area contributed by atoms with Crippen molar-refractivity contribution in [2.75, 3.05) is 0 Å². The van der Waals surface area contributed by atoms with Crippen LogP contribution in [0.3, 0.4) is 0 Å². The molecule has 0 N–H and O–H groups in total. The average Bonchev–Trinajstić information content (AvgIpc) is 2.65. The SMILES string of the molecule is CCc1ccc(-c2nc(S)cs2)cc1. The van der Waals surface area contributed by atoms with Gasteiger partial charge in [0.25, 0.3) is 0 Å². The molecule has 2 aromatic rings. The number of benzene rings is 1. The summed E-state index contributed by atoms with van der Waals surface area (Å²) in [6, 6.07) is 8.53. The highest BCUT2D eigenvalue weighted by atomic mass is 32.1. The zero-order valence-electron chi connectivity index (χ0n) is 7.90. The molecular weight excluding hydrogens is 210 g/mol. The van der Waals surface area contributed by atoms with Gasteiger partial charge in [-0.3, -0.25) is 0 Å². The Morgan fingerprint density at radius 1 is 1.29 bits per heavy atom. The molecule has 1 nitrogen and oxygen atoms in total. The van der Waals surface area contributed by atoms with Crippen LogP contribution in [0.2, 0.25) is 0 Å². The molecule has 0 spiro atoms. The first-order valence-corrected chi connectivity index (χ1v) is 5.86. The standard InChI is InChI=1S/C11H11NS2/c1-2-8-3-5-9(6-4-8)11-12-10(13)7-14-11/h3-7,13H,2H2,1H3. The number of rotatable bonds is 2. The third-order valence-corrected chi connectivity index (χ3v) is 3.40. The van der Waals surface area contributed by atoms with Gasteiger partial charge in [-0.25, -0.2) is 4.98 Å². The molecule has 0 saturated heterocycles. The van der Waals surface area contributed by atoms with E-state index in [0.717, 1.165) is 16.5 Å². The molecule has 3 heteroatoms. The molecule has 1 aromatic heterocycles. The lowest BCUT2D eigenvalue weighted by Crippen LogP contribution is -1.80. The van der Waals surface area contributed by atoms with Gasteiger partial charge >= 0.3 is 0 Å². The van der Waals surface area contributed by atoms with Crippen molar-refractivity contribution in [1.82, 2.24) is 4.98 Å². The van der Waals surface area contributed by atoms with Crippen molar-refractivity contribution in [1.29, 1.82) is 0 Å². The van der Waals surface area contributed by atoms with Crippen molar-refractivity contribution in [3.05, 3.63) is 35.2 Å².